The Hall–Kier alpha value is -0.590. The molecule has 0 saturated heterocycles. The third kappa shape index (κ3) is 1.84. The number of allylic oxidation sites excluding steroid dienone is 2. The summed E-state index contributed by atoms with van der Waals surface area (Å²) in [6, 6.07) is 0. The molecule has 0 aromatic heterocycles. The van der Waals surface area contributed by atoms with Crippen LogP contribution in [0.25, 0.3) is 0 Å². The molecule has 1 N–H and O–H groups in total. The van der Waals surface area contributed by atoms with Gasteiger partial charge in [0.05, 0.1) is 10.8 Å². The smallest absolute Gasteiger partial charge is 0.284 e. The highest BCUT2D eigenvalue weighted by Crippen LogP contribution is 2.51. The molecule has 13 heavy (non-hydrogen) atoms. The van der Waals surface area contributed by atoms with Crippen molar-refractivity contribution in [3.63, 3.8) is 0 Å². The van der Waals surface area contributed by atoms with Crippen LogP contribution in [-0.4, -0.2) is 5.11 Å². The maximum absolute atomic E-state index is 9.88. The Kier molecular flexibility index (Phi) is 2.18. The maximum Gasteiger partial charge on any atom is 0.284 e. The van der Waals surface area contributed by atoms with Gasteiger partial charge in [-0.25, -0.2) is 0 Å². The van der Waals surface area contributed by atoms with Crippen molar-refractivity contribution in [3.8, 4) is 0 Å². The molecule has 0 bridgehead atoms. The maximum atomic E-state index is 9.88. The second-order valence-electron chi connectivity index (χ2n) is 5.98. The molecule has 0 amide bonds. The van der Waals surface area contributed by atoms with Crippen LogP contribution < -0.4 is 0 Å². The number of aliphatic hydroxyl groups is 1. The molecule has 1 heteroatoms. The zero-order chi connectivity index (χ0) is 10.4. The lowest BCUT2D eigenvalue weighted by molar-refractivity contribution is 0.261. The fourth-order valence-corrected chi connectivity index (χ4v) is 1.66. The summed E-state index contributed by atoms with van der Waals surface area (Å²) < 4.78 is 0. The van der Waals surface area contributed by atoms with Gasteiger partial charge in [0, 0.05) is 0 Å². The van der Waals surface area contributed by atoms with E-state index < -0.39 is 0 Å². The van der Waals surface area contributed by atoms with Crippen LogP contribution in [0, 0.1) is 16.7 Å². The fourth-order valence-electron chi connectivity index (χ4n) is 1.66. The van der Waals surface area contributed by atoms with Gasteiger partial charge in [0.1, 0.15) is 17.9 Å². The molecule has 0 aromatic carbocycles. The van der Waals surface area contributed by atoms with E-state index in [0.29, 0.717) is 5.76 Å². The minimum atomic E-state index is 0.124. The number of hydrogen-bond donors (Lipinski definition) is 1. The van der Waals surface area contributed by atoms with Gasteiger partial charge in [0.2, 0.25) is 0 Å². The Morgan fingerprint density at radius 2 is 1.54 bits per heavy atom. The van der Waals surface area contributed by atoms with E-state index in [1.54, 1.807) is 0 Å². The molecular formula is C12H21O+. The van der Waals surface area contributed by atoms with E-state index in [2.05, 4.69) is 41.5 Å². The van der Waals surface area contributed by atoms with Crippen LogP contribution in [-0.2, 0) is 0 Å². The zero-order valence-corrected chi connectivity index (χ0v) is 9.65. The minimum Gasteiger partial charge on any atom is -0.477 e. The summed E-state index contributed by atoms with van der Waals surface area (Å²) in [5, 5.41) is 9.88. The van der Waals surface area contributed by atoms with E-state index in [1.807, 2.05) is 0 Å². The number of rotatable bonds is 0. The van der Waals surface area contributed by atoms with Crippen LogP contribution >= 0.6 is 0 Å². The molecule has 0 radical (unpaired) electrons. The lowest BCUT2D eigenvalue weighted by Gasteiger charge is -2.33. The van der Waals surface area contributed by atoms with Crippen molar-refractivity contribution >= 4 is 0 Å². The van der Waals surface area contributed by atoms with E-state index in [9.17, 15) is 5.11 Å². The molecule has 0 fully saturated rings. The van der Waals surface area contributed by atoms with Crippen LogP contribution in [0.2, 0.25) is 0 Å². The van der Waals surface area contributed by atoms with Gasteiger partial charge in [-0.3, -0.25) is 0 Å². The average molecular weight is 181 g/mol. The minimum absolute atomic E-state index is 0.124. The van der Waals surface area contributed by atoms with Crippen LogP contribution in [0.5, 0.6) is 0 Å². The average Bonchev–Trinajstić information content (AvgIpc) is 1.77. The number of aliphatic hydroxyl groups excluding tert-OH is 1. The van der Waals surface area contributed by atoms with Gasteiger partial charge in [-0.2, -0.15) is 0 Å². The highest BCUT2D eigenvalue weighted by Gasteiger charge is 2.52. The van der Waals surface area contributed by atoms with Crippen molar-refractivity contribution in [3.05, 3.63) is 17.3 Å². The SMILES string of the molecule is CC(C)(C)C1=C(O)[C+](C(C)(C)C)C1. The lowest BCUT2D eigenvalue weighted by atomic mass is 9.63. The molecule has 74 valence electrons. The molecule has 0 aliphatic heterocycles. The summed E-state index contributed by atoms with van der Waals surface area (Å²) in [5.74, 6) is 1.78. The van der Waals surface area contributed by atoms with Gasteiger partial charge in [-0.1, -0.05) is 0 Å². The van der Waals surface area contributed by atoms with Crippen molar-refractivity contribution in [2.45, 2.75) is 48.0 Å². The second kappa shape index (κ2) is 2.70. The van der Waals surface area contributed by atoms with Gasteiger partial charge in [0.25, 0.3) is 5.76 Å². The standard InChI is InChI=1S/C12H20O/c1-11(2,3)8-7-9(10(8)13)12(4,5)6/h7H2,1-6H3/p+1. The predicted octanol–water partition coefficient (Wildman–Crippen LogP) is 3.87. The molecular weight excluding hydrogens is 160 g/mol. The van der Waals surface area contributed by atoms with E-state index in [4.69, 9.17) is 0 Å². The van der Waals surface area contributed by atoms with E-state index >= 15 is 0 Å². The van der Waals surface area contributed by atoms with Gasteiger partial charge < -0.3 is 5.11 Å². The summed E-state index contributed by atoms with van der Waals surface area (Å²) in [5.41, 5.74) is 1.45. The monoisotopic (exact) mass is 181 g/mol. The van der Waals surface area contributed by atoms with E-state index in [0.717, 1.165) is 6.42 Å². The molecule has 1 nitrogen and oxygen atoms in total. The second-order valence-corrected chi connectivity index (χ2v) is 5.98. The molecule has 0 unspecified atom stereocenters. The third-order valence-electron chi connectivity index (χ3n) is 2.74. The third-order valence-corrected chi connectivity index (χ3v) is 2.74. The van der Waals surface area contributed by atoms with Crippen LogP contribution in [0.1, 0.15) is 48.0 Å². The van der Waals surface area contributed by atoms with Crippen molar-refractivity contribution in [1.82, 2.24) is 0 Å². The lowest BCUT2D eigenvalue weighted by Crippen LogP contribution is -2.33. The molecule has 0 aromatic rings. The van der Waals surface area contributed by atoms with Crippen LogP contribution in [0.3, 0.4) is 0 Å². The first-order chi connectivity index (χ1) is 5.64. The summed E-state index contributed by atoms with van der Waals surface area (Å²) in [7, 11) is 0. The van der Waals surface area contributed by atoms with Gasteiger partial charge in [0.15, 0.2) is 0 Å². The van der Waals surface area contributed by atoms with Crippen molar-refractivity contribution in [2.24, 2.45) is 10.8 Å². The molecule has 0 spiro atoms. The largest absolute Gasteiger partial charge is 0.477 e. The Morgan fingerprint density at radius 3 is 1.77 bits per heavy atom. The van der Waals surface area contributed by atoms with Gasteiger partial charge in [-0.15, -0.1) is 0 Å². The van der Waals surface area contributed by atoms with Crippen LogP contribution in [0.4, 0.5) is 0 Å². The molecule has 1 rings (SSSR count). The normalized spacial score (nSPS) is 19.1. The van der Waals surface area contributed by atoms with Crippen molar-refractivity contribution < 1.29 is 5.11 Å². The number of hydrogen-bond acceptors (Lipinski definition) is 1. The molecule has 1 aliphatic rings. The highest BCUT2D eigenvalue weighted by molar-refractivity contribution is 5.43. The Labute approximate surface area is 81.9 Å². The van der Waals surface area contributed by atoms with Gasteiger partial charge >= 0.3 is 0 Å². The van der Waals surface area contributed by atoms with Crippen molar-refractivity contribution in [2.75, 3.05) is 0 Å². The van der Waals surface area contributed by atoms with Crippen molar-refractivity contribution in [1.29, 1.82) is 0 Å². The van der Waals surface area contributed by atoms with Crippen LogP contribution in [0.15, 0.2) is 11.3 Å². The molecule has 0 atom stereocenters. The predicted molar refractivity (Wildman–Crippen MR) is 56.4 cm³/mol. The fraction of sp³-hybridized carbons (Fsp3) is 0.750. The molecule has 1 aliphatic carbocycles. The summed E-state index contributed by atoms with van der Waals surface area (Å²) >= 11 is 0. The Balaban J connectivity index is 2.83. The Bertz CT molecular complexity index is 235. The topological polar surface area (TPSA) is 20.2 Å². The summed E-state index contributed by atoms with van der Waals surface area (Å²) in [6.45, 7) is 12.9. The molecule has 0 heterocycles. The summed E-state index contributed by atoms with van der Waals surface area (Å²) in [6.07, 6.45) is 0.985. The van der Waals surface area contributed by atoms with E-state index in [1.165, 1.54) is 11.5 Å². The van der Waals surface area contributed by atoms with E-state index in [-0.39, 0.29) is 10.8 Å². The quantitative estimate of drug-likeness (QED) is 0.562. The highest BCUT2D eigenvalue weighted by atomic mass is 16.3. The zero-order valence-electron chi connectivity index (χ0n) is 9.65. The first-order valence-corrected chi connectivity index (χ1v) is 4.93. The first kappa shape index (κ1) is 10.5. The summed E-state index contributed by atoms with van der Waals surface area (Å²) in [4.78, 5) is 0. The molecule has 0 saturated carbocycles. The Morgan fingerprint density at radius 1 is 1.08 bits per heavy atom. The van der Waals surface area contributed by atoms with Gasteiger partial charge in [-0.05, 0) is 41.5 Å². The first-order valence-electron chi connectivity index (χ1n) is 4.93.